The number of hydrogen-bond acceptors (Lipinski definition) is 4. The number of benzene rings is 2. The van der Waals surface area contributed by atoms with Crippen LogP contribution in [0.15, 0.2) is 54.6 Å². The van der Waals surface area contributed by atoms with Crippen LogP contribution in [0.2, 0.25) is 0 Å². The molecule has 0 fully saturated rings. The maximum atomic E-state index is 12.5. The second kappa shape index (κ2) is 10.1. The molecule has 0 aliphatic carbocycles. The second-order valence-electron chi connectivity index (χ2n) is 7.10. The van der Waals surface area contributed by atoms with E-state index in [0.717, 1.165) is 23.3 Å². The van der Waals surface area contributed by atoms with Gasteiger partial charge in [0.2, 0.25) is 0 Å². The van der Waals surface area contributed by atoms with E-state index in [4.69, 9.17) is 14.2 Å². The number of carbonyl (C=O) groups is 1. The third kappa shape index (κ3) is 7.06. The van der Waals surface area contributed by atoms with Crippen LogP contribution in [0.5, 0.6) is 5.75 Å². The van der Waals surface area contributed by atoms with Crippen molar-refractivity contribution in [2.45, 2.75) is 58.8 Å². The summed E-state index contributed by atoms with van der Waals surface area (Å²) in [5, 5.41) is 0. The van der Waals surface area contributed by atoms with Gasteiger partial charge in [-0.2, -0.15) is 0 Å². The van der Waals surface area contributed by atoms with Crippen LogP contribution in [-0.4, -0.2) is 24.3 Å². The Morgan fingerprint density at radius 3 is 2.22 bits per heavy atom. The molecule has 0 aliphatic heterocycles. The predicted octanol–water partition coefficient (Wildman–Crippen LogP) is 4.95. The van der Waals surface area contributed by atoms with Crippen LogP contribution in [0.3, 0.4) is 0 Å². The fourth-order valence-corrected chi connectivity index (χ4v) is 2.50. The molecule has 27 heavy (non-hydrogen) atoms. The molecule has 1 atom stereocenters. The molecule has 0 aromatic heterocycles. The second-order valence-corrected chi connectivity index (χ2v) is 7.10. The number of hydrogen-bond donors (Lipinski definition) is 0. The van der Waals surface area contributed by atoms with E-state index in [0.29, 0.717) is 19.6 Å². The molecule has 4 nitrogen and oxygen atoms in total. The van der Waals surface area contributed by atoms with E-state index >= 15 is 0 Å². The molecule has 0 radical (unpaired) electrons. The molecule has 0 aliphatic rings. The van der Waals surface area contributed by atoms with E-state index < -0.39 is 11.7 Å². The average molecular weight is 370 g/mol. The minimum absolute atomic E-state index is 0.312. The van der Waals surface area contributed by atoms with Gasteiger partial charge in [-0.1, -0.05) is 49.4 Å². The van der Waals surface area contributed by atoms with Gasteiger partial charge in [0.25, 0.3) is 0 Å². The van der Waals surface area contributed by atoms with E-state index in [1.54, 1.807) is 0 Å². The van der Waals surface area contributed by atoms with Crippen LogP contribution in [0, 0.1) is 0 Å². The molecular weight excluding hydrogens is 340 g/mol. The lowest BCUT2D eigenvalue weighted by atomic mass is 10.1. The van der Waals surface area contributed by atoms with E-state index in [9.17, 15) is 4.79 Å². The van der Waals surface area contributed by atoms with Crippen LogP contribution in [0.25, 0.3) is 0 Å². The summed E-state index contributed by atoms with van der Waals surface area (Å²) in [6, 6.07) is 17.8. The minimum Gasteiger partial charge on any atom is -0.489 e. The molecule has 0 spiro atoms. The van der Waals surface area contributed by atoms with Crippen molar-refractivity contribution in [3.05, 3.63) is 65.7 Å². The van der Waals surface area contributed by atoms with Crippen molar-refractivity contribution < 1.29 is 19.0 Å². The van der Waals surface area contributed by atoms with Crippen molar-refractivity contribution in [2.24, 2.45) is 0 Å². The highest BCUT2D eigenvalue weighted by molar-refractivity contribution is 5.75. The molecule has 0 heterocycles. The van der Waals surface area contributed by atoms with Gasteiger partial charge in [-0.25, -0.2) is 4.79 Å². The number of carbonyl (C=O) groups excluding carboxylic acids is 1. The molecule has 4 heteroatoms. The molecule has 2 rings (SSSR count). The average Bonchev–Trinajstić information content (AvgIpc) is 2.67. The third-order valence-electron chi connectivity index (χ3n) is 4.45. The zero-order chi connectivity index (χ0) is 19.7. The van der Waals surface area contributed by atoms with Gasteiger partial charge in [-0.15, -0.1) is 0 Å². The monoisotopic (exact) mass is 370 g/mol. The summed E-state index contributed by atoms with van der Waals surface area (Å²) in [6.45, 7) is 8.69. The molecule has 0 amide bonds. The topological polar surface area (TPSA) is 44.8 Å². The normalized spacial score (nSPS) is 12.4. The quantitative estimate of drug-likeness (QED) is 0.555. The number of ether oxygens (including phenoxy) is 3. The summed E-state index contributed by atoms with van der Waals surface area (Å²) in [4.78, 5) is 12.5. The lowest BCUT2D eigenvalue weighted by Gasteiger charge is -2.26. The smallest absolute Gasteiger partial charge is 0.336 e. The highest BCUT2D eigenvalue weighted by atomic mass is 16.6. The van der Waals surface area contributed by atoms with Gasteiger partial charge in [0, 0.05) is 13.0 Å². The summed E-state index contributed by atoms with van der Waals surface area (Å²) in [5.41, 5.74) is 1.65. The molecule has 0 unspecified atom stereocenters. The van der Waals surface area contributed by atoms with Gasteiger partial charge >= 0.3 is 5.97 Å². The maximum absolute atomic E-state index is 12.5. The summed E-state index contributed by atoms with van der Waals surface area (Å²) in [5.74, 6) is 0.485. The highest BCUT2D eigenvalue weighted by Gasteiger charge is 2.27. The largest absolute Gasteiger partial charge is 0.489 e. The highest BCUT2D eigenvalue weighted by Crippen LogP contribution is 2.19. The molecule has 0 saturated heterocycles. The van der Waals surface area contributed by atoms with Crippen molar-refractivity contribution in [2.75, 3.05) is 6.61 Å². The number of rotatable bonds is 10. The third-order valence-corrected chi connectivity index (χ3v) is 4.45. The zero-order valence-electron chi connectivity index (χ0n) is 16.7. The summed E-state index contributed by atoms with van der Waals surface area (Å²) in [7, 11) is 0. The Balaban J connectivity index is 1.94. The molecular formula is C23H30O4. The first kappa shape index (κ1) is 21.0. The minimum atomic E-state index is -0.600. The van der Waals surface area contributed by atoms with Crippen molar-refractivity contribution in [3.8, 4) is 5.75 Å². The zero-order valence-corrected chi connectivity index (χ0v) is 16.7. The molecule has 0 N–H and O–H groups in total. The molecule has 146 valence electrons. The van der Waals surface area contributed by atoms with Gasteiger partial charge in [0.05, 0.1) is 0 Å². The summed E-state index contributed by atoms with van der Waals surface area (Å²) in [6.07, 6.45) is 0.633. The maximum Gasteiger partial charge on any atom is 0.336 e. The van der Waals surface area contributed by atoms with Gasteiger partial charge < -0.3 is 14.2 Å². The SMILES string of the molecule is CCO[C@@H](Cc1ccc(OCc2ccccc2)cc1)C(=O)OC(C)(C)CC. The molecule has 0 bridgehead atoms. The van der Waals surface area contributed by atoms with Crippen LogP contribution >= 0.6 is 0 Å². The Hall–Kier alpha value is -2.33. The van der Waals surface area contributed by atoms with E-state index in [1.807, 2.05) is 82.3 Å². The van der Waals surface area contributed by atoms with E-state index in [1.165, 1.54) is 0 Å². The van der Waals surface area contributed by atoms with Crippen molar-refractivity contribution in [3.63, 3.8) is 0 Å². The van der Waals surface area contributed by atoms with E-state index in [2.05, 4.69) is 0 Å². The molecule has 2 aromatic carbocycles. The van der Waals surface area contributed by atoms with Crippen LogP contribution < -0.4 is 4.74 Å². The fourth-order valence-electron chi connectivity index (χ4n) is 2.50. The Kier molecular flexibility index (Phi) is 7.86. The molecule has 0 saturated carbocycles. The van der Waals surface area contributed by atoms with E-state index in [-0.39, 0.29) is 5.97 Å². The number of esters is 1. The Labute approximate surface area is 162 Å². The predicted molar refractivity (Wildman–Crippen MR) is 107 cm³/mol. The first-order chi connectivity index (χ1) is 12.9. The van der Waals surface area contributed by atoms with Gasteiger partial charge in [-0.3, -0.25) is 0 Å². The fraction of sp³-hybridized carbons (Fsp3) is 0.435. The van der Waals surface area contributed by atoms with Crippen LogP contribution in [0.4, 0.5) is 0 Å². The lowest BCUT2D eigenvalue weighted by Crippen LogP contribution is -2.36. The Bertz CT molecular complexity index is 692. The van der Waals surface area contributed by atoms with Crippen LogP contribution in [0.1, 0.15) is 45.2 Å². The van der Waals surface area contributed by atoms with Crippen LogP contribution in [-0.2, 0) is 27.3 Å². The first-order valence-corrected chi connectivity index (χ1v) is 9.53. The Morgan fingerprint density at radius 2 is 1.63 bits per heavy atom. The summed E-state index contributed by atoms with van der Waals surface area (Å²) < 4.78 is 17.0. The van der Waals surface area contributed by atoms with Gasteiger partial charge in [-0.05, 0) is 50.5 Å². The Morgan fingerprint density at radius 1 is 0.963 bits per heavy atom. The van der Waals surface area contributed by atoms with Crippen molar-refractivity contribution >= 4 is 5.97 Å². The lowest BCUT2D eigenvalue weighted by molar-refractivity contribution is -0.170. The van der Waals surface area contributed by atoms with Gasteiger partial charge in [0.1, 0.15) is 18.0 Å². The van der Waals surface area contributed by atoms with Gasteiger partial charge in [0.15, 0.2) is 6.10 Å². The first-order valence-electron chi connectivity index (χ1n) is 9.53. The summed E-state index contributed by atoms with van der Waals surface area (Å²) >= 11 is 0. The molecule has 2 aromatic rings. The van der Waals surface area contributed by atoms with Crippen molar-refractivity contribution in [1.29, 1.82) is 0 Å². The van der Waals surface area contributed by atoms with Crippen molar-refractivity contribution in [1.82, 2.24) is 0 Å². The standard InChI is InChI=1S/C23H30O4/c1-5-23(3,4)27-22(24)21(25-6-2)16-18-12-14-20(15-13-18)26-17-19-10-8-7-9-11-19/h7-15,21H,5-6,16-17H2,1-4H3/t21-/m0/s1.